The fourth-order valence-electron chi connectivity index (χ4n) is 1.73. The molecule has 78 valence electrons. The number of allylic oxidation sites excluding steroid dienone is 1. The molecule has 1 atom stereocenters. The first-order valence-electron chi connectivity index (χ1n) is 4.59. The number of ether oxygens (including phenoxy) is 1. The molecular formula is C10H15NO3. The zero-order chi connectivity index (χ0) is 10.8. The molecule has 0 radical (unpaired) electrons. The number of likely N-dealkylation sites (N-methyl/N-ethyl adjacent to an activating group) is 1. The van der Waals surface area contributed by atoms with Gasteiger partial charge in [0.1, 0.15) is 5.54 Å². The molecule has 1 heterocycles. The number of esters is 1. The van der Waals surface area contributed by atoms with Crippen LogP contribution in [0.25, 0.3) is 0 Å². The Labute approximate surface area is 83.5 Å². The highest BCUT2D eigenvalue weighted by Gasteiger charge is 2.44. The molecule has 0 saturated carbocycles. The summed E-state index contributed by atoms with van der Waals surface area (Å²) in [6.07, 6.45) is 3.87. The lowest BCUT2D eigenvalue weighted by molar-refractivity contribution is -0.155. The monoisotopic (exact) mass is 197 g/mol. The fourth-order valence-corrected chi connectivity index (χ4v) is 1.73. The van der Waals surface area contributed by atoms with Gasteiger partial charge in [-0.1, -0.05) is 6.92 Å². The Hall–Kier alpha value is -1.32. The van der Waals surface area contributed by atoms with Gasteiger partial charge in [0.2, 0.25) is 0 Å². The van der Waals surface area contributed by atoms with E-state index in [0.717, 1.165) is 0 Å². The Morgan fingerprint density at radius 2 is 2.36 bits per heavy atom. The smallest absolute Gasteiger partial charge is 0.332 e. The highest BCUT2D eigenvalue weighted by molar-refractivity contribution is 5.97. The van der Waals surface area contributed by atoms with Gasteiger partial charge < -0.3 is 9.64 Å². The summed E-state index contributed by atoms with van der Waals surface area (Å²) >= 11 is 0. The van der Waals surface area contributed by atoms with Gasteiger partial charge in [0.15, 0.2) is 5.78 Å². The molecule has 14 heavy (non-hydrogen) atoms. The van der Waals surface area contributed by atoms with E-state index in [1.807, 2.05) is 6.92 Å². The molecule has 0 spiro atoms. The zero-order valence-electron chi connectivity index (χ0n) is 8.74. The van der Waals surface area contributed by atoms with Crippen molar-refractivity contribution in [3.63, 3.8) is 0 Å². The number of ketones is 1. The molecule has 4 heteroatoms. The number of methoxy groups -OCH3 is 1. The third kappa shape index (κ3) is 1.52. The summed E-state index contributed by atoms with van der Waals surface area (Å²) in [6.45, 7) is 1.87. The third-order valence-corrected chi connectivity index (χ3v) is 2.78. The van der Waals surface area contributed by atoms with E-state index >= 15 is 0 Å². The van der Waals surface area contributed by atoms with Crippen LogP contribution in [0.3, 0.4) is 0 Å². The molecular weight excluding hydrogens is 182 g/mol. The lowest BCUT2D eigenvalue weighted by Crippen LogP contribution is -2.53. The Morgan fingerprint density at radius 3 is 2.86 bits per heavy atom. The average molecular weight is 197 g/mol. The highest BCUT2D eigenvalue weighted by atomic mass is 16.5. The molecule has 4 nitrogen and oxygen atoms in total. The standard InChI is InChI=1S/C10H15NO3/c1-4-10(9(13)14-3)7-8(12)5-6-11(10)2/h5-6H,4,7H2,1-3H3. The predicted octanol–water partition coefficient (Wildman–Crippen LogP) is 0.726. The van der Waals surface area contributed by atoms with Crippen LogP contribution in [-0.2, 0) is 14.3 Å². The van der Waals surface area contributed by atoms with Crippen molar-refractivity contribution in [3.05, 3.63) is 12.3 Å². The van der Waals surface area contributed by atoms with Crippen LogP contribution in [0.2, 0.25) is 0 Å². The van der Waals surface area contributed by atoms with E-state index in [9.17, 15) is 9.59 Å². The number of rotatable bonds is 2. The molecule has 1 rings (SSSR count). The van der Waals surface area contributed by atoms with Crippen molar-refractivity contribution in [1.29, 1.82) is 0 Å². The molecule has 1 aliphatic heterocycles. The molecule has 0 N–H and O–H groups in total. The second-order valence-electron chi connectivity index (χ2n) is 3.45. The van der Waals surface area contributed by atoms with Gasteiger partial charge >= 0.3 is 5.97 Å². The Balaban J connectivity index is 3.04. The average Bonchev–Trinajstić information content (AvgIpc) is 2.20. The van der Waals surface area contributed by atoms with Crippen LogP contribution in [0, 0.1) is 0 Å². The lowest BCUT2D eigenvalue weighted by Gasteiger charge is -2.39. The zero-order valence-corrected chi connectivity index (χ0v) is 8.74. The topological polar surface area (TPSA) is 46.6 Å². The van der Waals surface area contributed by atoms with Gasteiger partial charge in [0, 0.05) is 19.7 Å². The van der Waals surface area contributed by atoms with Crippen molar-refractivity contribution < 1.29 is 14.3 Å². The van der Waals surface area contributed by atoms with Crippen LogP contribution < -0.4 is 0 Å². The summed E-state index contributed by atoms with van der Waals surface area (Å²) in [7, 11) is 3.12. The van der Waals surface area contributed by atoms with Crippen LogP contribution in [0.15, 0.2) is 12.3 Å². The molecule has 0 aromatic carbocycles. The molecule has 0 bridgehead atoms. The molecule has 0 aliphatic carbocycles. The Bertz CT molecular complexity index is 285. The maximum Gasteiger partial charge on any atom is 0.332 e. The minimum Gasteiger partial charge on any atom is -0.467 e. The van der Waals surface area contributed by atoms with Gasteiger partial charge in [0.05, 0.1) is 7.11 Å². The van der Waals surface area contributed by atoms with Gasteiger partial charge in [-0.05, 0) is 12.5 Å². The van der Waals surface area contributed by atoms with E-state index in [0.29, 0.717) is 6.42 Å². The highest BCUT2D eigenvalue weighted by Crippen LogP contribution is 2.28. The largest absolute Gasteiger partial charge is 0.467 e. The van der Waals surface area contributed by atoms with Crippen LogP contribution in [0.4, 0.5) is 0 Å². The van der Waals surface area contributed by atoms with Crippen LogP contribution in [-0.4, -0.2) is 36.3 Å². The van der Waals surface area contributed by atoms with E-state index in [4.69, 9.17) is 4.74 Å². The number of hydrogen-bond donors (Lipinski definition) is 0. The summed E-state index contributed by atoms with van der Waals surface area (Å²) in [5, 5.41) is 0. The van der Waals surface area contributed by atoms with Crippen molar-refractivity contribution in [1.82, 2.24) is 4.90 Å². The van der Waals surface area contributed by atoms with E-state index in [1.165, 1.54) is 13.2 Å². The quantitative estimate of drug-likeness (QED) is 0.612. The summed E-state index contributed by atoms with van der Waals surface area (Å²) in [5.74, 6) is -0.379. The predicted molar refractivity (Wildman–Crippen MR) is 51.6 cm³/mol. The molecule has 0 aromatic rings. The number of nitrogens with zero attached hydrogens (tertiary/aromatic N) is 1. The molecule has 0 fully saturated rings. The summed E-state index contributed by atoms with van der Waals surface area (Å²) < 4.78 is 4.74. The fraction of sp³-hybridized carbons (Fsp3) is 0.600. The van der Waals surface area contributed by atoms with Gasteiger partial charge in [0.25, 0.3) is 0 Å². The SMILES string of the molecule is CCC1(C(=O)OC)CC(=O)C=CN1C. The molecule has 0 amide bonds. The summed E-state index contributed by atoms with van der Waals surface area (Å²) in [4.78, 5) is 24.7. The van der Waals surface area contributed by atoms with E-state index in [2.05, 4.69) is 0 Å². The first-order valence-corrected chi connectivity index (χ1v) is 4.59. The van der Waals surface area contributed by atoms with Crippen molar-refractivity contribution in [2.24, 2.45) is 0 Å². The maximum absolute atomic E-state index is 11.6. The van der Waals surface area contributed by atoms with Crippen LogP contribution in [0.5, 0.6) is 0 Å². The third-order valence-electron chi connectivity index (χ3n) is 2.78. The number of carbonyl (C=O) groups is 2. The van der Waals surface area contributed by atoms with Crippen LogP contribution in [0.1, 0.15) is 19.8 Å². The second kappa shape index (κ2) is 3.82. The minimum absolute atomic E-state index is 0.0321. The first-order chi connectivity index (χ1) is 6.56. The molecule has 0 aromatic heterocycles. The molecule has 1 aliphatic rings. The summed E-state index contributed by atoms with van der Waals surface area (Å²) in [6, 6.07) is 0. The van der Waals surface area contributed by atoms with E-state index < -0.39 is 5.54 Å². The molecule has 1 unspecified atom stereocenters. The van der Waals surface area contributed by atoms with Gasteiger partial charge in [-0.25, -0.2) is 4.79 Å². The summed E-state index contributed by atoms with van der Waals surface area (Å²) in [5.41, 5.74) is -0.805. The van der Waals surface area contributed by atoms with Gasteiger partial charge in [-0.3, -0.25) is 4.79 Å². The normalized spacial score (nSPS) is 26.5. The van der Waals surface area contributed by atoms with Crippen molar-refractivity contribution >= 4 is 11.8 Å². The Kier molecular flexibility index (Phi) is 2.93. The minimum atomic E-state index is -0.805. The van der Waals surface area contributed by atoms with Crippen molar-refractivity contribution in [2.45, 2.75) is 25.3 Å². The number of carbonyl (C=O) groups excluding carboxylic acids is 2. The second-order valence-corrected chi connectivity index (χ2v) is 3.45. The van der Waals surface area contributed by atoms with E-state index in [-0.39, 0.29) is 18.2 Å². The van der Waals surface area contributed by atoms with Crippen molar-refractivity contribution in [2.75, 3.05) is 14.2 Å². The molecule has 0 saturated heterocycles. The number of hydrogen-bond acceptors (Lipinski definition) is 4. The van der Waals surface area contributed by atoms with Crippen molar-refractivity contribution in [3.8, 4) is 0 Å². The first kappa shape index (κ1) is 10.8. The van der Waals surface area contributed by atoms with Gasteiger partial charge in [-0.2, -0.15) is 0 Å². The lowest BCUT2D eigenvalue weighted by atomic mass is 9.86. The maximum atomic E-state index is 11.6. The van der Waals surface area contributed by atoms with Gasteiger partial charge in [-0.15, -0.1) is 0 Å². The van der Waals surface area contributed by atoms with Crippen LogP contribution >= 0.6 is 0 Å². The van der Waals surface area contributed by atoms with E-state index in [1.54, 1.807) is 18.1 Å². The Morgan fingerprint density at radius 1 is 1.71 bits per heavy atom.